The van der Waals surface area contributed by atoms with Gasteiger partial charge in [0.15, 0.2) is 0 Å². The average molecular weight is 200 g/mol. The minimum Gasteiger partial charge on any atom is -0.393 e. The number of ether oxygens (including phenoxy) is 1. The third-order valence-corrected chi connectivity index (χ3v) is 3.58. The van der Waals surface area contributed by atoms with Crippen molar-refractivity contribution in [1.82, 2.24) is 0 Å². The zero-order valence-electron chi connectivity index (χ0n) is 9.75. The molecule has 84 valence electrons. The molecular formula is C12H24O2. The third-order valence-electron chi connectivity index (χ3n) is 3.58. The molecular weight excluding hydrogens is 176 g/mol. The zero-order chi connectivity index (χ0) is 10.6. The fourth-order valence-corrected chi connectivity index (χ4v) is 1.81. The predicted molar refractivity (Wildman–Crippen MR) is 58.2 cm³/mol. The zero-order valence-corrected chi connectivity index (χ0v) is 9.75. The van der Waals surface area contributed by atoms with Crippen molar-refractivity contribution in [2.24, 2.45) is 11.3 Å². The van der Waals surface area contributed by atoms with Gasteiger partial charge in [-0.05, 0) is 24.7 Å². The molecule has 2 unspecified atom stereocenters. The van der Waals surface area contributed by atoms with Crippen LogP contribution >= 0.6 is 0 Å². The van der Waals surface area contributed by atoms with Crippen molar-refractivity contribution in [2.75, 3.05) is 13.2 Å². The summed E-state index contributed by atoms with van der Waals surface area (Å²) in [5.74, 6) is 0.391. The Labute approximate surface area is 87.7 Å². The Bertz CT molecular complexity index is 160. The molecule has 1 saturated heterocycles. The van der Waals surface area contributed by atoms with Gasteiger partial charge in [0.2, 0.25) is 0 Å². The first-order chi connectivity index (χ1) is 6.55. The number of hydrogen-bond donors (Lipinski definition) is 1. The first-order valence-electron chi connectivity index (χ1n) is 5.81. The van der Waals surface area contributed by atoms with Crippen molar-refractivity contribution < 1.29 is 9.84 Å². The largest absolute Gasteiger partial charge is 0.393 e. The van der Waals surface area contributed by atoms with E-state index in [1.807, 2.05) is 0 Å². The van der Waals surface area contributed by atoms with Crippen LogP contribution in [0.25, 0.3) is 0 Å². The third kappa shape index (κ3) is 3.58. The Kier molecular flexibility index (Phi) is 4.39. The van der Waals surface area contributed by atoms with Crippen LogP contribution in [0.4, 0.5) is 0 Å². The molecule has 1 aliphatic heterocycles. The SMILES string of the molecule is CCC(C)(C)CCC(O)C1CCOC1. The monoisotopic (exact) mass is 200 g/mol. The van der Waals surface area contributed by atoms with Crippen LogP contribution in [0, 0.1) is 11.3 Å². The maximum Gasteiger partial charge on any atom is 0.0591 e. The van der Waals surface area contributed by atoms with Crippen LogP contribution in [0.5, 0.6) is 0 Å². The summed E-state index contributed by atoms with van der Waals surface area (Å²) in [5, 5.41) is 9.93. The van der Waals surface area contributed by atoms with Gasteiger partial charge in [-0.25, -0.2) is 0 Å². The Balaban J connectivity index is 2.23. The minimum absolute atomic E-state index is 0.150. The lowest BCUT2D eigenvalue weighted by atomic mass is 9.82. The van der Waals surface area contributed by atoms with E-state index in [-0.39, 0.29) is 6.10 Å². The fraction of sp³-hybridized carbons (Fsp3) is 1.00. The Morgan fingerprint density at radius 3 is 2.71 bits per heavy atom. The van der Waals surface area contributed by atoms with E-state index in [1.165, 1.54) is 6.42 Å². The van der Waals surface area contributed by atoms with Gasteiger partial charge in [0.05, 0.1) is 12.7 Å². The first-order valence-corrected chi connectivity index (χ1v) is 5.81. The quantitative estimate of drug-likeness (QED) is 0.739. The number of aliphatic hydroxyl groups excluding tert-OH is 1. The lowest BCUT2D eigenvalue weighted by Gasteiger charge is -2.25. The highest BCUT2D eigenvalue weighted by Gasteiger charge is 2.25. The molecule has 0 bridgehead atoms. The van der Waals surface area contributed by atoms with Crippen LogP contribution in [-0.2, 0) is 4.74 Å². The number of hydrogen-bond acceptors (Lipinski definition) is 2. The summed E-state index contributed by atoms with van der Waals surface area (Å²) in [5.41, 5.74) is 0.375. The normalized spacial score (nSPS) is 25.3. The van der Waals surface area contributed by atoms with Crippen LogP contribution in [0.2, 0.25) is 0 Å². The van der Waals surface area contributed by atoms with Crippen LogP contribution in [0.1, 0.15) is 46.5 Å². The molecule has 0 radical (unpaired) electrons. The number of rotatable bonds is 5. The van der Waals surface area contributed by atoms with E-state index in [1.54, 1.807) is 0 Å². The molecule has 1 aliphatic rings. The van der Waals surface area contributed by atoms with Gasteiger partial charge in [0.1, 0.15) is 0 Å². The second-order valence-electron chi connectivity index (χ2n) is 5.25. The van der Waals surface area contributed by atoms with Crippen molar-refractivity contribution in [1.29, 1.82) is 0 Å². The van der Waals surface area contributed by atoms with Crippen molar-refractivity contribution in [2.45, 2.75) is 52.6 Å². The smallest absolute Gasteiger partial charge is 0.0591 e. The molecule has 0 aromatic heterocycles. The summed E-state index contributed by atoms with van der Waals surface area (Å²) in [6, 6.07) is 0. The van der Waals surface area contributed by atoms with E-state index in [4.69, 9.17) is 4.74 Å². The Hall–Kier alpha value is -0.0800. The molecule has 1 rings (SSSR count). The Morgan fingerprint density at radius 1 is 1.50 bits per heavy atom. The maximum atomic E-state index is 9.93. The summed E-state index contributed by atoms with van der Waals surface area (Å²) in [4.78, 5) is 0. The summed E-state index contributed by atoms with van der Waals surface area (Å²) in [6.45, 7) is 8.34. The van der Waals surface area contributed by atoms with E-state index < -0.39 is 0 Å². The van der Waals surface area contributed by atoms with Gasteiger partial charge in [-0.1, -0.05) is 27.2 Å². The molecule has 14 heavy (non-hydrogen) atoms. The van der Waals surface area contributed by atoms with Crippen LogP contribution in [0.3, 0.4) is 0 Å². The van der Waals surface area contributed by atoms with Crippen LogP contribution < -0.4 is 0 Å². The molecule has 0 spiro atoms. The van der Waals surface area contributed by atoms with Crippen LogP contribution in [-0.4, -0.2) is 24.4 Å². The lowest BCUT2D eigenvalue weighted by Crippen LogP contribution is -2.23. The molecule has 1 fully saturated rings. The van der Waals surface area contributed by atoms with Crippen molar-refractivity contribution in [3.8, 4) is 0 Å². The summed E-state index contributed by atoms with van der Waals surface area (Å²) >= 11 is 0. The summed E-state index contributed by atoms with van der Waals surface area (Å²) < 4.78 is 5.28. The van der Waals surface area contributed by atoms with E-state index in [0.717, 1.165) is 32.5 Å². The van der Waals surface area contributed by atoms with Gasteiger partial charge in [-0.15, -0.1) is 0 Å². The van der Waals surface area contributed by atoms with Crippen molar-refractivity contribution >= 4 is 0 Å². The molecule has 2 atom stereocenters. The second-order valence-corrected chi connectivity index (χ2v) is 5.25. The predicted octanol–water partition coefficient (Wildman–Crippen LogP) is 2.60. The fourth-order valence-electron chi connectivity index (χ4n) is 1.81. The molecule has 0 aromatic carbocycles. The first kappa shape index (κ1) is 12.0. The number of aliphatic hydroxyl groups is 1. The van der Waals surface area contributed by atoms with Gasteiger partial charge in [-0.2, -0.15) is 0 Å². The molecule has 2 heteroatoms. The van der Waals surface area contributed by atoms with Gasteiger partial charge < -0.3 is 9.84 Å². The minimum atomic E-state index is -0.150. The average Bonchev–Trinajstić information content (AvgIpc) is 2.67. The standard InChI is InChI=1S/C12H24O2/c1-4-12(2,3)7-5-11(13)10-6-8-14-9-10/h10-11,13H,4-9H2,1-3H3. The molecule has 0 aliphatic carbocycles. The van der Waals surface area contributed by atoms with Gasteiger partial charge >= 0.3 is 0 Å². The lowest BCUT2D eigenvalue weighted by molar-refractivity contribution is 0.0728. The van der Waals surface area contributed by atoms with E-state index in [0.29, 0.717) is 11.3 Å². The molecule has 1 heterocycles. The van der Waals surface area contributed by atoms with Crippen molar-refractivity contribution in [3.63, 3.8) is 0 Å². The highest BCUT2D eigenvalue weighted by molar-refractivity contribution is 4.76. The second kappa shape index (κ2) is 5.13. The van der Waals surface area contributed by atoms with Crippen molar-refractivity contribution in [3.05, 3.63) is 0 Å². The molecule has 1 N–H and O–H groups in total. The van der Waals surface area contributed by atoms with Gasteiger partial charge in [-0.3, -0.25) is 0 Å². The molecule has 2 nitrogen and oxygen atoms in total. The highest BCUT2D eigenvalue weighted by atomic mass is 16.5. The van der Waals surface area contributed by atoms with Gasteiger partial charge in [0, 0.05) is 12.5 Å². The van der Waals surface area contributed by atoms with E-state index in [9.17, 15) is 5.11 Å². The molecule has 0 saturated carbocycles. The molecule has 0 amide bonds. The highest BCUT2D eigenvalue weighted by Crippen LogP contribution is 2.29. The Morgan fingerprint density at radius 2 is 2.21 bits per heavy atom. The van der Waals surface area contributed by atoms with Gasteiger partial charge in [0.25, 0.3) is 0 Å². The topological polar surface area (TPSA) is 29.5 Å². The van der Waals surface area contributed by atoms with E-state index in [2.05, 4.69) is 20.8 Å². The maximum absolute atomic E-state index is 9.93. The summed E-state index contributed by atoms with van der Waals surface area (Å²) in [6.07, 6.45) is 4.10. The van der Waals surface area contributed by atoms with Crippen LogP contribution in [0.15, 0.2) is 0 Å². The molecule has 0 aromatic rings. The van der Waals surface area contributed by atoms with E-state index >= 15 is 0 Å². The summed E-state index contributed by atoms with van der Waals surface area (Å²) in [7, 11) is 0.